The Bertz CT molecular complexity index is 1170. The highest BCUT2D eigenvalue weighted by atomic mass is 32.2. The molecule has 3 heterocycles. The van der Waals surface area contributed by atoms with Gasteiger partial charge in [0.05, 0.1) is 18.7 Å². The normalized spacial score (nSPS) is 17.8. The molecule has 0 bridgehead atoms. The maximum absolute atomic E-state index is 13.7. The summed E-state index contributed by atoms with van der Waals surface area (Å²) < 4.78 is 11.2. The lowest BCUT2D eigenvalue weighted by molar-refractivity contribution is 0.0507. The Morgan fingerprint density at radius 3 is 2.63 bits per heavy atom. The Balaban J connectivity index is 1.51. The van der Waals surface area contributed by atoms with Gasteiger partial charge < -0.3 is 19.3 Å². The Kier molecular flexibility index (Phi) is 7.44. The number of nitrogens with zero attached hydrogens (tertiary/aromatic N) is 3. The molecular weight excluding hydrogens is 458 g/mol. The second-order valence-electron chi connectivity index (χ2n) is 9.27. The van der Waals surface area contributed by atoms with Crippen molar-refractivity contribution in [2.24, 2.45) is 0 Å². The molecule has 1 unspecified atom stereocenters. The second-order valence-corrected chi connectivity index (χ2v) is 10.2. The van der Waals surface area contributed by atoms with Gasteiger partial charge in [-0.05, 0) is 74.4 Å². The lowest BCUT2D eigenvalue weighted by Gasteiger charge is -2.28. The highest BCUT2D eigenvalue weighted by molar-refractivity contribution is 7.98. The molecule has 2 saturated heterocycles. The van der Waals surface area contributed by atoms with Gasteiger partial charge in [-0.1, -0.05) is 6.07 Å². The standard InChI is InChI=1S/C28H33N3O3S/c1-33-23-10-7-20(8-11-23)28(32)31(19-24-6-5-15-34-24)18-22-16-21-9-12-25(35-2)17-26(21)29-27(22)30-13-3-4-14-30/h7-12,16-17,24H,3-6,13-15,18-19H2,1-2H3. The number of amides is 1. The summed E-state index contributed by atoms with van der Waals surface area (Å²) in [5.74, 6) is 1.76. The van der Waals surface area contributed by atoms with E-state index in [1.165, 1.54) is 17.7 Å². The van der Waals surface area contributed by atoms with Crippen LogP contribution in [0.1, 0.15) is 41.6 Å². The van der Waals surface area contributed by atoms with Gasteiger partial charge >= 0.3 is 0 Å². The third-order valence-corrected chi connectivity index (χ3v) is 7.65. The highest BCUT2D eigenvalue weighted by Gasteiger charge is 2.26. The zero-order valence-corrected chi connectivity index (χ0v) is 21.4. The van der Waals surface area contributed by atoms with E-state index in [0.29, 0.717) is 18.7 Å². The van der Waals surface area contributed by atoms with Crippen LogP contribution in [0.4, 0.5) is 5.82 Å². The number of aromatic nitrogens is 1. The van der Waals surface area contributed by atoms with Crippen LogP contribution in [0.2, 0.25) is 0 Å². The quantitative estimate of drug-likeness (QED) is 0.394. The number of ether oxygens (including phenoxy) is 2. The molecule has 5 rings (SSSR count). The number of pyridine rings is 1. The molecule has 2 aliphatic rings. The van der Waals surface area contributed by atoms with Crippen molar-refractivity contribution in [3.63, 3.8) is 0 Å². The monoisotopic (exact) mass is 491 g/mol. The van der Waals surface area contributed by atoms with Crippen molar-refractivity contribution in [1.82, 2.24) is 9.88 Å². The molecular formula is C28H33N3O3S. The van der Waals surface area contributed by atoms with Crippen LogP contribution in [0.25, 0.3) is 10.9 Å². The highest BCUT2D eigenvalue weighted by Crippen LogP contribution is 2.30. The smallest absolute Gasteiger partial charge is 0.254 e. The maximum Gasteiger partial charge on any atom is 0.254 e. The van der Waals surface area contributed by atoms with Crippen LogP contribution in [-0.2, 0) is 11.3 Å². The molecule has 1 amide bonds. The predicted octanol–water partition coefficient (Wildman–Crippen LogP) is 5.39. The van der Waals surface area contributed by atoms with E-state index < -0.39 is 0 Å². The molecule has 2 aromatic carbocycles. The van der Waals surface area contributed by atoms with Crippen molar-refractivity contribution in [2.45, 2.75) is 43.2 Å². The third kappa shape index (κ3) is 5.41. The molecule has 7 heteroatoms. The largest absolute Gasteiger partial charge is 0.497 e. The van der Waals surface area contributed by atoms with Crippen molar-refractivity contribution in [3.05, 3.63) is 59.7 Å². The van der Waals surface area contributed by atoms with Gasteiger partial charge in [-0.15, -0.1) is 11.8 Å². The summed E-state index contributed by atoms with van der Waals surface area (Å²) in [6.45, 7) is 3.86. The van der Waals surface area contributed by atoms with E-state index in [4.69, 9.17) is 14.5 Å². The summed E-state index contributed by atoms with van der Waals surface area (Å²) in [5.41, 5.74) is 2.76. The van der Waals surface area contributed by atoms with E-state index >= 15 is 0 Å². The topological polar surface area (TPSA) is 54.9 Å². The molecule has 0 N–H and O–H groups in total. The van der Waals surface area contributed by atoms with Gasteiger partial charge in [-0.25, -0.2) is 4.98 Å². The summed E-state index contributed by atoms with van der Waals surface area (Å²) in [7, 11) is 1.63. The average Bonchev–Trinajstić information content (AvgIpc) is 3.62. The Hall–Kier alpha value is -2.77. The first-order valence-electron chi connectivity index (χ1n) is 12.4. The first-order valence-corrected chi connectivity index (χ1v) is 13.6. The number of anilines is 1. The van der Waals surface area contributed by atoms with Crippen LogP contribution in [0.3, 0.4) is 0 Å². The molecule has 3 aromatic rings. The molecule has 0 radical (unpaired) electrons. The molecule has 1 atom stereocenters. The van der Waals surface area contributed by atoms with E-state index in [2.05, 4.69) is 35.4 Å². The van der Waals surface area contributed by atoms with Gasteiger partial charge in [0.1, 0.15) is 11.6 Å². The third-order valence-electron chi connectivity index (χ3n) is 6.92. The van der Waals surface area contributed by atoms with Gasteiger partial charge in [-0.2, -0.15) is 0 Å². The van der Waals surface area contributed by atoms with Crippen molar-refractivity contribution in [2.75, 3.05) is 44.5 Å². The molecule has 35 heavy (non-hydrogen) atoms. The SMILES string of the molecule is COc1ccc(C(=O)N(Cc2cc3ccc(SC)cc3nc2N2CCCC2)CC2CCCO2)cc1. The van der Waals surface area contributed by atoms with Gasteiger partial charge in [0.25, 0.3) is 5.91 Å². The van der Waals surface area contributed by atoms with Crippen molar-refractivity contribution in [3.8, 4) is 5.75 Å². The van der Waals surface area contributed by atoms with Gasteiger partial charge in [-0.3, -0.25) is 4.79 Å². The number of carbonyl (C=O) groups excluding carboxylic acids is 1. The molecule has 6 nitrogen and oxygen atoms in total. The summed E-state index contributed by atoms with van der Waals surface area (Å²) >= 11 is 1.73. The molecule has 184 valence electrons. The molecule has 1 aromatic heterocycles. The molecule has 2 fully saturated rings. The maximum atomic E-state index is 13.7. The summed E-state index contributed by atoms with van der Waals surface area (Å²) in [4.78, 5) is 24.4. The summed E-state index contributed by atoms with van der Waals surface area (Å²) in [6.07, 6.45) is 6.54. The van der Waals surface area contributed by atoms with Crippen molar-refractivity contribution in [1.29, 1.82) is 0 Å². The molecule has 0 saturated carbocycles. The lowest BCUT2D eigenvalue weighted by Crippen LogP contribution is -2.37. The van der Waals surface area contributed by atoms with Gasteiger partial charge in [0.2, 0.25) is 0 Å². The number of hydrogen-bond acceptors (Lipinski definition) is 6. The molecule has 0 spiro atoms. The Morgan fingerprint density at radius 2 is 1.94 bits per heavy atom. The first-order chi connectivity index (χ1) is 17.1. The Labute approximate surface area is 211 Å². The van der Waals surface area contributed by atoms with E-state index in [1.807, 2.05) is 29.2 Å². The zero-order valence-electron chi connectivity index (χ0n) is 20.5. The number of carbonyl (C=O) groups is 1. The van der Waals surface area contributed by atoms with Crippen LogP contribution >= 0.6 is 11.8 Å². The van der Waals surface area contributed by atoms with Crippen molar-refractivity contribution < 1.29 is 14.3 Å². The zero-order chi connectivity index (χ0) is 24.2. The van der Waals surface area contributed by atoms with Crippen molar-refractivity contribution >= 4 is 34.4 Å². The van der Waals surface area contributed by atoms with E-state index in [1.54, 1.807) is 18.9 Å². The average molecular weight is 492 g/mol. The fourth-order valence-corrected chi connectivity index (χ4v) is 5.44. The number of thioether (sulfide) groups is 1. The fourth-order valence-electron chi connectivity index (χ4n) is 5.00. The number of fused-ring (bicyclic) bond motifs is 1. The van der Waals surface area contributed by atoms with Gasteiger partial charge in [0, 0.05) is 54.2 Å². The van der Waals surface area contributed by atoms with E-state index in [-0.39, 0.29) is 12.0 Å². The number of rotatable bonds is 8. The van der Waals surface area contributed by atoms with Crippen LogP contribution < -0.4 is 9.64 Å². The fraction of sp³-hybridized carbons (Fsp3) is 0.429. The van der Waals surface area contributed by atoms with Crippen LogP contribution in [0.5, 0.6) is 5.75 Å². The number of hydrogen-bond donors (Lipinski definition) is 0. The lowest BCUT2D eigenvalue weighted by atomic mass is 10.1. The van der Waals surface area contributed by atoms with Crippen LogP contribution in [0, 0.1) is 0 Å². The molecule has 0 aliphatic carbocycles. The number of benzene rings is 2. The number of methoxy groups -OCH3 is 1. The predicted molar refractivity (Wildman–Crippen MR) is 142 cm³/mol. The van der Waals surface area contributed by atoms with Gasteiger partial charge in [0.15, 0.2) is 0 Å². The van der Waals surface area contributed by atoms with E-state index in [9.17, 15) is 4.79 Å². The van der Waals surface area contributed by atoms with Crippen LogP contribution in [-0.4, -0.2) is 61.5 Å². The summed E-state index contributed by atoms with van der Waals surface area (Å²) in [6, 6.07) is 16.0. The first kappa shape index (κ1) is 23.9. The summed E-state index contributed by atoms with van der Waals surface area (Å²) in [5, 5.41) is 1.11. The Morgan fingerprint density at radius 1 is 1.14 bits per heavy atom. The molecule has 2 aliphatic heterocycles. The second kappa shape index (κ2) is 10.9. The van der Waals surface area contributed by atoms with E-state index in [0.717, 1.165) is 60.6 Å². The van der Waals surface area contributed by atoms with Crippen LogP contribution in [0.15, 0.2) is 53.4 Å². The minimum absolute atomic E-state index is 0.00773. The minimum atomic E-state index is 0.00773. The minimum Gasteiger partial charge on any atom is -0.497 e.